The fourth-order valence-electron chi connectivity index (χ4n) is 3.52. The molecule has 0 fully saturated rings. The van der Waals surface area contributed by atoms with Crippen LogP contribution in [0.25, 0.3) is 0 Å². The lowest BCUT2D eigenvalue weighted by Crippen LogP contribution is -2.50. The summed E-state index contributed by atoms with van der Waals surface area (Å²) < 4.78 is 32.1. The molecule has 0 amide bonds. The Morgan fingerprint density at radius 1 is 0.767 bits per heavy atom. The molecule has 0 atom stereocenters. The maximum atomic E-state index is 10.4. The smallest absolute Gasteiger partial charge is 0.180 e. The lowest BCUT2D eigenvalue weighted by molar-refractivity contribution is -0.945. The number of hydrogen-bond donors (Lipinski definition) is 1. The molecule has 0 aliphatic carbocycles. The van der Waals surface area contributed by atoms with Crippen LogP contribution in [0.4, 0.5) is 0 Å². The number of unbranched alkanes of at least 4 members (excludes halogenated alkanes) is 7. The van der Waals surface area contributed by atoms with Crippen LogP contribution >= 0.6 is 0 Å². The zero-order valence-corrected chi connectivity index (χ0v) is 20.6. The summed E-state index contributed by atoms with van der Waals surface area (Å²) in [6.07, 6.45) is 13.0. The summed E-state index contributed by atoms with van der Waals surface area (Å²) in [5.41, 5.74) is 0.928. The second-order valence-corrected chi connectivity index (χ2v) is 9.78. The van der Waals surface area contributed by atoms with Crippen LogP contribution in [0.15, 0.2) is 29.2 Å². The van der Waals surface area contributed by atoms with E-state index in [4.69, 9.17) is 0 Å². The highest BCUT2D eigenvalue weighted by atomic mass is 32.2. The number of hydrogen-bond acceptors (Lipinski definition) is 4. The lowest BCUT2D eigenvalue weighted by Gasteiger charge is -2.37. The van der Waals surface area contributed by atoms with Crippen LogP contribution in [0, 0.1) is 6.92 Å². The van der Waals surface area contributed by atoms with Crippen molar-refractivity contribution in [2.75, 3.05) is 26.4 Å². The van der Waals surface area contributed by atoms with Gasteiger partial charge in [0.25, 0.3) is 0 Å². The maximum Gasteiger partial charge on any atom is 0.180 e. The Labute approximate surface area is 185 Å². The van der Waals surface area contributed by atoms with Gasteiger partial charge in [0.15, 0.2) is 6.73 Å². The van der Waals surface area contributed by atoms with Crippen molar-refractivity contribution in [2.24, 2.45) is 0 Å². The van der Waals surface area contributed by atoms with Crippen molar-refractivity contribution >= 4 is 10.1 Å². The summed E-state index contributed by atoms with van der Waals surface area (Å²) in [6, 6.07) is 5.78. The molecule has 0 bridgehead atoms. The van der Waals surface area contributed by atoms with Gasteiger partial charge in [-0.2, -0.15) is 0 Å². The molecular weight excluding hydrogens is 398 g/mol. The van der Waals surface area contributed by atoms with Crippen LogP contribution in [0.1, 0.15) is 90.5 Å². The van der Waals surface area contributed by atoms with Crippen molar-refractivity contribution in [2.45, 2.75) is 96.8 Å². The van der Waals surface area contributed by atoms with Crippen LogP contribution in [-0.4, -0.2) is 48.9 Å². The Hall–Kier alpha value is -0.950. The molecule has 0 radical (unpaired) electrons. The molecule has 0 aromatic heterocycles. The zero-order valence-electron chi connectivity index (χ0n) is 19.7. The van der Waals surface area contributed by atoms with Crippen LogP contribution in [-0.2, 0) is 10.1 Å². The molecule has 1 aromatic carbocycles. The molecule has 176 valence electrons. The van der Waals surface area contributed by atoms with Gasteiger partial charge < -0.3 is 14.1 Å². The summed E-state index contributed by atoms with van der Waals surface area (Å²) in [7, 11) is -4.27. The van der Waals surface area contributed by atoms with E-state index in [1.807, 2.05) is 6.92 Å². The average Bonchev–Trinajstić information content (AvgIpc) is 2.71. The number of aryl methyl sites for hydroxylation is 1. The normalized spacial score (nSPS) is 11.8. The average molecular weight is 444 g/mol. The number of nitrogens with zero attached hydrogens (tertiary/aromatic N) is 1. The number of aliphatic hydroxyl groups is 1. The number of rotatable bonds is 15. The summed E-state index contributed by atoms with van der Waals surface area (Å²) in [5.74, 6) is 0. The van der Waals surface area contributed by atoms with Gasteiger partial charge in [-0.1, -0.05) is 64.2 Å². The van der Waals surface area contributed by atoms with E-state index in [2.05, 4.69) is 20.8 Å². The molecule has 1 aromatic rings. The molecule has 6 heteroatoms. The third kappa shape index (κ3) is 13.4. The SMILES string of the molecule is CCCCCC[N+](CO)(CCCCC)CCCCC.Cc1ccc(S(=O)(=O)[O-])cc1. The zero-order chi connectivity index (χ0) is 22.9. The van der Waals surface area contributed by atoms with Crippen molar-refractivity contribution in [3.63, 3.8) is 0 Å². The number of benzene rings is 1. The van der Waals surface area contributed by atoms with Crippen molar-refractivity contribution in [3.8, 4) is 0 Å². The molecule has 0 aliphatic rings. The van der Waals surface area contributed by atoms with Crippen LogP contribution in [0.5, 0.6) is 0 Å². The highest BCUT2D eigenvalue weighted by Crippen LogP contribution is 2.15. The first-order chi connectivity index (χ1) is 14.2. The monoisotopic (exact) mass is 443 g/mol. The Kier molecular flexibility index (Phi) is 16.2. The standard InChI is InChI=1S/C17H38NO.C7H8O3S/c1-4-7-10-13-16-18(17-19,14-11-8-5-2)15-12-9-6-3;1-6-2-4-7(5-3-6)11(8,9)10/h19H,4-17H2,1-3H3;2-5H,1H3,(H,8,9,10)/q+1;/p-1. The third-order valence-corrected chi connectivity index (χ3v) is 6.42. The predicted octanol–water partition coefficient (Wildman–Crippen LogP) is 5.61. The van der Waals surface area contributed by atoms with E-state index in [-0.39, 0.29) is 4.90 Å². The second-order valence-electron chi connectivity index (χ2n) is 8.40. The molecule has 0 saturated carbocycles. The van der Waals surface area contributed by atoms with Gasteiger partial charge in [-0.05, 0) is 57.6 Å². The summed E-state index contributed by atoms with van der Waals surface area (Å²) in [6.45, 7) is 12.5. The molecular formula is C24H45NO4S. The molecule has 0 aliphatic heterocycles. The molecule has 0 heterocycles. The quantitative estimate of drug-likeness (QED) is 0.165. The van der Waals surface area contributed by atoms with Crippen molar-refractivity contribution in [1.82, 2.24) is 0 Å². The third-order valence-electron chi connectivity index (χ3n) is 5.57. The van der Waals surface area contributed by atoms with Gasteiger partial charge in [-0.3, -0.25) is 0 Å². The van der Waals surface area contributed by atoms with Gasteiger partial charge in [-0.25, -0.2) is 8.42 Å². The minimum absolute atomic E-state index is 0.178. The Morgan fingerprint density at radius 3 is 1.53 bits per heavy atom. The Balaban J connectivity index is 0.000000642. The summed E-state index contributed by atoms with van der Waals surface area (Å²) >= 11 is 0. The summed E-state index contributed by atoms with van der Waals surface area (Å²) in [4.78, 5) is -0.178. The van der Waals surface area contributed by atoms with Crippen molar-refractivity contribution < 1.29 is 22.6 Å². The van der Waals surface area contributed by atoms with Gasteiger partial charge >= 0.3 is 0 Å². The lowest BCUT2D eigenvalue weighted by atomic mass is 10.1. The molecule has 5 nitrogen and oxygen atoms in total. The predicted molar refractivity (Wildman–Crippen MR) is 124 cm³/mol. The van der Waals surface area contributed by atoms with Gasteiger partial charge in [0.05, 0.1) is 24.5 Å². The fraction of sp³-hybridized carbons (Fsp3) is 0.750. The van der Waals surface area contributed by atoms with E-state index in [0.717, 1.165) is 10.0 Å². The van der Waals surface area contributed by atoms with E-state index in [1.165, 1.54) is 96.0 Å². The van der Waals surface area contributed by atoms with Gasteiger partial charge in [0.1, 0.15) is 10.1 Å². The molecule has 1 N–H and O–H groups in total. The Bertz CT molecular complexity index is 619. The van der Waals surface area contributed by atoms with E-state index in [1.54, 1.807) is 12.1 Å². The first-order valence-electron chi connectivity index (χ1n) is 11.7. The highest BCUT2D eigenvalue weighted by molar-refractivity contribution is 7.85. The molecule has 1 rings (SSSR count). The van der Waals surface area contributed by atoms with E-state index in [0.29, 0.717) is 6.73 Å². The molecule has 0 spiro atoms. The van der Waals surface area contributed by atoms with Crippen molar-refractivity contribution in [3.05, 3.63) is 29.8 Å². The highest BCUT2D eigenvalue weighted by Gasteiger charge is 2.24. The first kappa shape index (κ1) is 29.1. The fourth-order valence-corrected chi connectivity index (χ4v) is 3.99. The maximum absolute atomic E-state index is 10.4. The molecule has 30 heavy (non-hydrogen) atoms. The molecule has 0 unspecified atom stereocenters. The first-order valence-corrected chi connectivity index (χ1v) is 13.1. The Morgan fingerprint density at radius 2 is 1.17 bits per heavy atom. The van der Waals surface area contributed by atoms with Crippen LogP contribution in [0.3, 0.4) is 0 Å². The van der Waals surface area contributed by atoms with Crippen LogP contribution in [0.2, 0.25) is 0 Å². The summed E-state index contributed by atoms with van der Waals surface area (Å²) in [5, 5.41) is 9.90. The van der Waals surface area contributed by atoms with E-state index >= 15 is 0 Å². The minimum Gasteiger partial charge on any atom is -0.744 e. The largest absolute Gasteiger partial charge is 0.744 e. The molecule has 0 saturated heterocycles. The topological polar surface area (TPSA) is 77.4 Å². The second kappa shape index (κ2) is 16.7. The number of aliphatic hydroxyl groups excluding tert-OH is 1. The van der Waals surface area contributed by atoms with E-state index in [9.17, 15) is 18.1 Å². The van der Waals surface area contributed by atoms with Crippen LogP contribution < -0.4 is 0 Å². The van der Waals surface area contributed by atoms with Gasteiger partial charge in [0.2, 0.25) is 0 Å². The number of quaternary nitrogens is 1. The minimum atomic E-state index is -4.27. The van der Waals surface area contributed by atoms with Gasteiger partial charge in [-0.15, -0.1) is 0 Å². The van der Waals surface area contributed by atoms with E-state index < -0.39 is 10.1 Å². The van der Waals surface area contributed by atoms with Gasteiger partial charge in [0, 0.05) is 0 Å². The van der Waals surface area contributed by atoms with Crippen molar-refractivity contribution in [1.29, 1.82) is 0 Å².